The van der Waals surface area contributed by atoms with Crippen LogP contribution in [0.5, 0.6) is 11.5 Å². The van der Waals surface area contributed by atoms with Crippen molar-refractivity contribution in [2.45, 2.75) is 0 Å². The molecule has 2 aromatic carbocycles. The normalized spacial score (nSPS) is 13.5. The number of hydrogen-bond acceptors (Lipinski definition) is 2. The summed E-state index contributed by atoms with van der Waals surface area (Å²) in [6, 6.07) is 16.2. The minimum atomic E-state index is 0.622. The monoisotopic (exact) mass is 212 g/mol. The van der Waals surface area contributed by atoms with Crippen LogP contribution in [-0.2, 0) is 0 Å². The van der Waals surface area contributed by atoms with Gasteiger partial charge in [-0.05, 0) is 11.6 Å². The van der Waals surface area contributed by atoms with Crippen molar-refractivity contribution in [2.24, 2.45) is 0 Å². The van der Waals surface area contributed by atoms with Gasteiger partial charge in [-0.1, -0.05) is 42.5 Å². The van der Waals surface area contributed by atoms with Crippen LogP contribution in [0.1, 0.15) is 0 Å². The van der Waals surface area contributed by atoms with Crippen molar-refractivity contribution in [2.75, 3.05) is 13.2 Å². The van der Waals surface area contributed by atoms with E-state index in [2.05, 4.69) is 18.2 Å². The second kappa shape index (κ2) is 3.89. The molecular formula is C14H12O2. The lowest BCUT2D eigenvalue weighted by Crippen LogP contribution is -2.15. The molecule has 80 valence electrons. The lowest BCUT2D eigenvalue weighted by Gasteiger charge is -2.20. The molecule has 2 nitrogen and oxygen atoms in total. The zero-order valence-corrected chi connectivity index (χ0v) is 8.85. The van der Waals surface area contributed by atoms with Crippen molar-refractivity contribution in [3.8, 4) is 22.6 Å². The van der Waals surface area contributed by atoms with Gasteiger partial charge in [0.1, 0.15) is 13.2 Å². The van der Waals surface area contributed by atoms with Crippen molar-refractivity contribution in [3.63, 3.8) is 0 Å². The van der Waals surface area contributed by atoms with Gasteiger partial charge in [0, 0.05) is 5.56 Å². The van der Waals surface area contributed by atoms with E-state index in [1.807, 2.05) is 30.3 Å². The summed E-state index contributed by atoms with van der Waals surface area (Å²) in [4.78, 5) is 0. The molecule has 0 bridgehead atoms. The lowest BCUT2D eigenvalue weighted by molar-refractivity contribution is 0.172. The molecule has 0 saturated carbocycles. The molecule has 16 heavy (non-hydrogen) atoms. The number of rotatable bonds is 1. The van der Waals surface area contributed by atoms with Crippen LogP contribution in [0.25, 0.3) is 11.1 Å². The molecule has 0 radical (unpaired) electrons. The first-order valence-corrected chi connectivity index (χ1v) is 5.39. The van der Waals surface area contributed by atoms with Crippen LogP contribution in [0.3, 0.4) is 0 Å². The Morgan fingerprint density at radius 3 is 2.44 bits per heavy atom. The average molecular weight is 212 g/mol. The van der Waals surface area contributed by atoms with E-state index in [9.17, 15) is 0 Å². The van der Waals surface area contributed by atoms with Crippen LogP contribution in [0, 0.1) is 0 Å². The molecule has 0 fully saturated rings. The second-order valence-corrected chi connectivity index (χ2v) is 3.70. The molecule has 0 N–H and O–H groups in total. The highest BCUT2D eigenvalue weighted by atomic mass is 16.6. The quantitative estimate of drug-likeness (QED) is 0.723. The number of para-hydroxylation sites is 1. The van der Waals surface area contributed by atoms with E-state index in [0.29, 0.717) is 13.2 Å². The van der Waals surface area contributed by atoms with Crippen molar-refractivity contribution in [1.82, 2.24) is 0 Å². The van der Waals surface area contributed by atoms with Crippen LogP contribution < -0.4 is 9.47 Å². The summed E-state index contributed by atoms with van der Waals surface area (Å²) >= 11 is 0. The standard InChI is InChI=1S/C14H12O2/c1-2-5-11(6-3-1)12-7-4-8-13-14(12)16-10-9-15-13/h1-8H,9-10H2. The van der Waals surface area contributed by atoms with Gasteiger partial charge in [-0.3, -0.25) is 0 Å². The maximum absolute atomic E-state index is 5.68. The van der Waals surface area contributed by atoms with Gasteiger partial charge in [-0.15, -0.1) is 0 Å². The van der Waals surface area contributed by atoms with E-state index in [1.165, 1.54) is 0 Å². The predicted octanol–water partition coefficient (Wildman–Crippen LogP) is 3.12. The van der Waals surface area contributed by atoms with E-state index in [4.69, 9.17) is 9.47 Å². The number of fused-ring (bicyclic) bond motifs is 1. The first-order valence-electron chi connectivity index (χ1n) is 5.39. The summed E-state index contributed by atoms with van der Waals surface area (Å²) in [6.07, 6.45) is 0. The smallest absolute Gasteiger partial charge is 0.169 e. The molecule has 0 aromatic heterocycles. The molecule has 0 spiro atoms. The molecule has 1 heterocycles. The number of hydrogen-bond donors (Lipinski definition) is 0. The van der Waals surface area contributed by atoms with Crippen molar-refractivity contribution < 1.29 is 9.47 Å². The molecule has 1 aliphatic heterocycles. The Balaban J connectivity index is 2.14. The Kier molecular flexibility index (Phi) is 2.26. The largest absolute Gasteiger partial charge is 0.486 e. The third kappa shape index (κ3) is 1.52. The van der Waals surface area contributed by atoms with Crippen molar-refractivity contribution in [1.29, 1.82) is 0 Å². The molecule has 0 amide bonds. The van der Waals surface area contributed by atoms with Crippen LogP contribution in [0.2, 0.25) is 0 Å². The summed E-state index contributed by atoms with van der Waals surface area (Å²) < 4.78 is 11.2. The molecule has 3 rings (SSSR count). The van der Waals surface area contributed by atoms with Crippen molar-refractivity contribution >= 4 is 0 Å². The third-order valence-corrected chi connectivity index (χ3v) is 2.65. The molecule has 0 saturated heterocycles. The van der Waals surface area contributed by atoms with E-state index >= 15 is 0 Å². The molecule has 2 heteroatoms. The average Bonchev–Trinajstić information content (AvgIpc) is 2.39. The molecule has 0 unspecified atom stereocenters. The van der Waals surface area contributed by atoms with Gasteiger partial charge in [0.25, 0.3) is 0 Å². The Hall–Kier alpha value is -1.96. The second-order valence-electron chi connectivity index (χ2n) is 3.70. The Morgan fingerprint density at radius 1 is 0.750 bits per heavy atom. The SMILES string of the molecule is c1ccc(-c2cccc3c2OCCO3)cc1. The topological polar surface area (TPSA) is 18.5 Å². The predicted molar refractivity (Wildman–Crippen MR) is 62.9 cm³/mol. The molecule has 1 aliphatic rings. The van der Waals surface area contributed by atoms with Crippen molar-refractivity contribution in [3.05, 3.63) is 48.5 Å². The fourth-order valence-electron chi connectivity index (χ4n) is 1.92. The Morgan fingerprint density at radius 2 is 1.56 bits per heavy atom. The third-order valence-electron chi connectivity index (χ3n) is 2.65. The highest BCUT2D eigenvalue weighted by Gasteiger charge is 2.15. The van der Waals surface area contributed by atoms with Crippen LogP contribution in [0.4, 0.5) is 0 Å². The first-order chi connectivity index (χ1) is 7.95. The van der Waals surface area contributed by atoms with Crippen LogP contribution in [-0.4, -0.2) is 13.2 Å². The summed E-state index contributed by atoms with van der Waals surface area (Å²) in [7, 11) is 0. The highest BCUT2D eigenvalue weighted by Crippen LogP contribution is 2.39. The van der Waals surface area contributed by atoms with Gasteiger partial charge in [0.2, 0.25) is 0 Å². The van der Waals surface area contributed by atoms with Gasteiger partial charge in [0.05, 0.1) is 0 Å². The van der Waals surface area contributed by atoms with Gasteiger partial charge in [-0.25, -0.2) is 0 Å². The number of benzene rings is 2. The minimum Gasteiger partial charge on any atom is -0.486 e. The van der Waals surface area contributed by atoms with E-state index < -0.39 is 0 Å². The van der Waals surface area contributed by atoms with Gasteiger partial charge in [-0.2, -0.15) is 0 Å². The van der Waals surface area contributed by atoms with E-state index in [0.717, 1.165) is 22.6 Å². The fourth-order valence-corrected chi connectivity index (χ4v) is 1.92. The highest BCUT2D eigenvalue weighted by molar-refractivity contribution is 5.73. The molecule has 2 aromatic rings. The summed E-state index contributed by atoms with van der Waals surface area (Å²) in [5.74, 6) is 1.70. The summed E-state index contributed by atoms with van der Waals surface area (Å²) in [5, 5.41) is 0. The fraction of sp³-hybridized carbons (Fsp3) is 0.143. The van der Waals surface area contributed by atoms with E-state index in [-0.39, 0.29) is 0 Å². The van der Waals surface area contributed by atoms with Crippen LogP contribution in [0.15, 0.2) is 48.5 Å². The Labute approximate surface area is 94.4 Å². The first kappa shape index (κ1) is 9.28. The maximum atomic E-state index is 5.68. The van der Waals surface area contributed by atoms with E-state index in [1.54, 1.807) is 0 Å². The maximum Gasteiger partial charge on any atom is 0.169 e. The lowest BCUT2D eigenvalue weighted by atomic mass is 10.0. The molecule has 0 atom stereocenters. The van der Waals surface area contributed by atoms with Crippen LogP contribution >= 0.6 is 0 Å². The van der Waals surface area contributed by atoms with Gasteiger partial charge in [0.15, 0.2) is 11.5 Å². The zero-order chi connectivity index (χ0) is 10.8. The molecular weight excluding hydrogens is 200 g/mol. The van der Waals surface area contributed by atoms with Gasteiger partial charge < -0.3 is 9.47 Å². The number of ether oxygens (including phenoxy) is 2. The summed E-state index contributed by atoms with van der Waals surface area (Å²) in [6.45, 7) is 1.25. The Bertz CT molecular complexity index is 491. The zero-order valence-electron chi connectivity index (χ0n) is 8.85. The summed E-state index contributed by atoms with van der Waals surface area (Å²) in [5.41, 5.74) is 2.25. The van der Waals surface area contributed by atoms with Gasteiger partial charge >= 0.3 is 0 Å². The molecule has 0 aliphatic carbocycles. The minimum absolute atomic E-state index is 0.622.